The van der Waals surface area contributed by atoms with Crippen molar-refractivity contribution in [3.63, 3.8) is 0 Å². The van der Waals surface area contributed by atoms with Crippen LogP contribution in [0.3, 0.4) is 0 Å². The number of fused-ring (bicyclic) bond motifs is 2. The Hall–Kier alpha value is -4.45. The lowest BCUT2D eigenvalue weighted by molar-refractivity contribution is 0.205. The van der Waals surface area contributed by atoms with Crippen molar-refractivity contribution in [2.75, 3.05) is 18.4 Å². The first-order chi connectivity index (χ1) is 18.4. The maximum absolute atomic E-state index is 13.7. The number of amides is 2. The second kappa shape index (κ2) is 10.9. The second-order valence-electron chi connectivity index (χ2n) is 10.1. The van der Waals surface area contributed by atoms with Crippen LogP contribution >= 0.6 is 0 Å². The number of benzene rings is 4. The predicted octanol–water partition coefficient (Wildman–Crippen LogP) is 6.58. The number of aryl methyl sites for hydroxylation is 1. The Morgan fingerprint density at radius 1 is 0.921 bits per heavy atom. The molecule has 5 rings (SSSR count). The Kier molecular flexibility index (Phi) is 7.22. The summed E-state index contributed by atoms with van der Waals surface area (Å²) >= 11 is 0. The van der Waals surface area contributed by atoms with Gasteiger partial charge in [-0.3, -0.25) is 9.36 Å². The van der Waals surface area contributed by atoms with Gasteiger partial charge in [0.15, 0.2) is 0 Å². The van der Waals surface area contributed by atoms with Gasteiger partial charge in [-0.2, -0.15) is 0 Å². The van der Waals surface area contributed by atoms with Crippen molar-refractivity contribution in [1.82, 2.24) is 14.5 Å². The maximum Gasteiger partial charge on any atom is 0.321 e. The Balaban J connectivity index is 1.50. The smallest absolute Gasteiger partial charge is 0.321 e. The minimum atomic E-state index is -0.164. The molecule has 4 aromatic carbocycles. The molecule has 0 aliphatic carbocycles. The van der Waals surface area contributed by atoms with E-state index in [1.165, 1.54) is 0 Å². The van der Waals surface area contributed by atoms with Crippen LogP contribution in [0.15, 0.2) is 95.8 Å². The van der Waals surface area contributed by atoms with E-state index in [1.54, 1.807) is 9.47 Å². The molecule has 38 heavy (non-hydrogen) atoms. The number of rotatable bonds is 7. The number of nitrogens with zero attached hydrogens (tertiary/aromatic N) is 3. The lowest BCUT2D eigenvalue weighted by Gasteiger charge is -2.25. The van der Waals surface area contributed by atoms with E-state index in [9.17, 15) is 9.59 Å². The van der Waals surface area contributed by atoms with Gasteiger partial charge in [0, 0.05) is 25.2 Å². The molecule has 0 radical (unpaired) electrons. The summed E-state index contributed by atoms with van der Waals surface area (Å²) in [7, 11) is 0. The van der Waals surface area contributed by atoms with E-state index in [0.717, 1.165) is 27.7 Å². The monoisotopic (exact) mass is 504 g/mol. The van der Waals surface area contributed by atoms with E-state index in [-0.39, 0.29) is 17.5 Å². The van der Waals surface area contributed by atoms with Gasteiger partial charge in [-0.15, -0.1) is 0 Å². The van der Waals surface area contributed by atoms with Gasteiger partial charge < -0.3 is 10.2 Å². The molecule has 0 aliphatic heterocycles. The SMILES string of the molecule is Cc1ccc(NC(=O)N(CCc2nc3ccccc3c(=O)n2-c2ccc3ccccc3c2)CC(C)C)cc1. The summed E-state index contributed by atoms with van der Waals surface area (Å²) in [6.07, 6.45) is 0.431. The summed E-state index contributed by atoms with van der Waals surface area (Å²) < 4.78 is 1.69. The summed E-state index contributed by atoms with van der Waals surface area (Å²) in [5.74, 6) is 0.909. The van der Waals surface area contributed by atoms with Crippen LogP contribution in [0.25, 0.3) is 27.4 Å². The molecular weight excluding hydrogens is 472 g/mol. The minimum Gasteiger partial charge on any atom is -0.324 e. The molecule has 2 amide bonds. The zero-order valence-corrected chi connectivity index (χ0v) is 22.0. The normalized spacial score (nSPS) is 11.3. The average molecular weight is 505 g/mol. The molecule has 0 bridgehead atoms. The van der Waals surface area contributed by atoms with Gasteiger partial charge in [-0.05, 0) is 60.0 Å². The largest absolute Gasteiger partial charge is 0.324 e. The van der Waals surface area contributed by atoms with Crippen LogP contribution in [-0.4, -0.2) is 33.6 Å². The Bertz CT molecular complexity index is 1650. The average Bonchev–Trinajstić information content (AvgIpc) is 2.92. The van der Waals surface area contributed by atoms with Crippen molar-refractivity contribution in [1.29, 1.82) is 0 Å². The Morgan fingerprint density at radius 3 is 2.39 bits per heavy atom. The van der Waals surface area contributed by atoms with Crippen LogP contribution in [0.1, 0.15) is 25.2 Å². The van der Waals surface area contributed by atoms with Crippen LogP contribution in [0.2, 0.25) is 0 Å². The lowest BCUT2D eigenvalue weighted by Crippen LogP contribution is -2.39. The Morgan fingerprint density at radius 2 is 1.63 bits per heavy atom. The number of urea groups is 1. The standard InChI is InChI=1S/C32H32N4O2/c1-22(2)21-35(32(38)33-26-15-12-23(3)13-16-26)19-18-30-34-29-11-7-6-10-28(29)31(37)36(30)27-17-14-24-8-4-5-9-25(24)20-27/h4-17,20,22H,18-19,21H2,1-3H3,(H,33,38). The van der Waals surface area contributed by atoms with Gasteiger partial charge in [0.05, 0.1) is 16.6 Å². The molecule has 0 aliphatic rings. The van der Waals surface area contributed by atoms with Crippen LogP contribution in [-0.2, 0) is 6.42 Å². The first-order valence-corrected chi connectivity index (χ1v) is 13.0. The highest BCUT2D eigenvalue weighted by Gasteiger charge is 2.19. The predicted molar refractivity (Wildman–Crippen MR) is 155 cm³/mol. The molecule has 1 heterocycles. The lowest BCUT2D eigenvalue weighted by atomic mass is 10.1. The van der Waals surface area contributed by atoms with Gasteiger partial charge in [-0.1, -0.05) is 74.0 Å². The molecule has 0 unspecified atom stereocenters. The van der Waals surface area contributed by atoms with Crippen molar-refractivity contribution in [2.45, 2.75) is 27.2 Å². The molecule has 1 N–H and O–H groups in total. The summed E-state index contributed by atoms with van der Waals surface area (Å²) in [6, 6.07) is 29.1. The van der Waals surface area contributed by atoms with Gasteiger partial charge in [0.2, 0.25) is 0 Å². The molecule has 192 valence electrons. The molecule has 1 aromatic heterocycles. The van der Waals surface area contributed by atoms with Crippen molar-refractivity contribution < 1.29 is 4.79 Å². The fourth-order valence-corrected chi connectivity index (χ4v) is 4.72. The third-order valence-electron chi connectivity index (χ3n) is 6.62. The summed E-state index contributed by atoms with van der Waals surface area (Å²) in [5.41, 5.74) is 3.20. The highest BCUT2D eigenvalue weighted by atomic mass is 16.2. The van der Waals surface area contributed by atoms with E-state index in [0.29, 0.717) is 36.2 Å². The Labute approximate surface area is 222 Å². The van der Waals surface area contributed by atoms with Crippen LogP contribution < -0.4 is 10.9 Å². The molecule has 6 heteroatoms. The number of carbonyl (C=O) groups is 1. The molecule has 6 nitrogen and oxygen atoms in total. The number of nitrogens with one attached hydrogen (secondary N) is 1. The highest BCUT2D eigenvalue weighted by Crippen LogP contribution is 2.20. The van der Waals surface area contributed by atoms with Crippen molar-refractivity contribution in [2.24, 2.45) is 5.92 Å². The number of hydrogen-bond acceptors (Lipinski definition) is 3. The zero-order valence-electron chi connectivity index (χ0n) is 22.0. The molecule has 0 fully saturated rings. The minimum absolute atomic E-state index is 0.111. The number of para-hydroxylation sites is 1. The first-order valence-electron chi connectivity index (χ1n) is 13.0. The highest BCUT2D eigenvalue weighted by molar-refractivity contribution is 5.89. The van der Waals surface area contributed by atoms with Gasteiger partial charge in [-0.25, -0.2) is 9.78 Å². The molecule has 0 saturated carbocycles. The quantitative estimate of drug-likeness (QED) is 0.272. The number of carbonyl (C=O) groups excluding carboxylic acids is 1. The van der Waals surface area contributed by atoms with Crippen molar-refractivity contribution >= 4 is 33.4 Å². The molecule has 0 atom stereocenters. The second-order valence-corrected chi connectivity index (χ2v) is 10.1. The molecule has 5 aromatic rings. The van der Waals surface area contributed by atoms with Crippen molar-refractivity contribution in [3.05, 3.63) is 113 Å². The van der Waals surface area contributed by atoms with Crippen molar-refractivity contribution in [3.8, 4) is 5.69 Å². The van der Waals surface area contributed by atoms with E-state index in [4.69, 9.17) is 4.98 Å². The van der Waals surface area contributed by atoms with E-state index >= 15 is 0 Å². The maximum atomic E-state index is 13.7. The molecule has 0 spiro atoms. The fraction of sp³-hybridized carbons (Fsp3) is 0.219. The number of aromatic nitrogens is 2. The van der Waals surface area contributed by atoms with E-state index in [1.807, 2.05) is 91.9 Å². The van der Waals surface area contributed by atoms with Crippen LogP contribution in [0, 0.1) is 12.8 Å². The summed E-state index contributed by atoms with van der Waals surface area (Å²) in [4.78, 5) is 33.7. The zero-order chi connectivity index (χ0) is 26.6. The topological polar surface area (TPSA) is 67.2 Å². The molecule has 0 saturated heterocycles. The number of hydrogen-bond donors (Lipinski definition) is 1. The summed E-state index contributed by atoms with van der Waals surface area (Å²) in [6.45, 7) is 7.21. The van der Waals surface area contributed by atoms with Gasteiger partial charge in [0.1, 0.15) is 5.82 Å². The van der Waals surface area contributed by atoms with Crippen LogP contribution in [0.5, 0.6) is 0 Å². The van der Waals surface area contributed by atoms with E-state index < -0.39 is 0 Å². The first kappa shape index (κ1) is 25.2. The van der Waals surface area contributed by atoms with Crippen LogP contribution in [0.4, 0.5) is 10.5 Å². The summed E-state index contributed by atoms with van der Waals surface area (Å²) in [5, 5.41) is 5.74. The number of anilines is 1. The third kappa shape index (κ3) is 5.44. The fourth-order valence-electron chi connectivity index (χ4n) is 4.72. The van der Waals surface area contributed by atoms with E-state index in [2.05, 4.69) is 25.2 Å². The van der Waals surface area contributed by atoms with Gasteiger partial charge in [0.25, 0.3) is 5.56 Å². The third-order valence-corrected chi connectivity index (χ3v) is 6.62. The van der Waals surface area contributed by atoms with Gasteiger partial charge >= 0.3 is 6.03 Å². The molecular formula is C32H32N4O2.